The van der Waals surface area contributed by atoms with Crippen LogP contribution in [0.15, 0.2) is 59.4 Å². The second kappa shape index (κ2) is 8.31. The number of aromatic amines is 1. The molecular formula is C22H23N3O3S. The highest BCUT2D eigenvalue weighted by Crippen LogP contribution is 2.25. The summed E-state index contributed by atoms with van der Waals surface area (Å²) >= 11 is 5.34. The number of H-pyrrole nitrogens is 1. The summed E-state index contributed by atoms with van der Waals surface area (Å²) in [6, 6.07) is 17.2. The summed E-state index contributed by atoms with van der Waals surface area (Å²) in [6.45, 7) is 3.27. The molecule has 2 unspecified atom stereocenters. The van der Waals surface area contributed by atoms with Crippen molar-refractivity contribution in [3.8, 4) is 0 Å². The van der Waals surface area contributed by atoms with Gasteiger partial charge >= 0.3 is 0 Å². The van der Waals surface area contributed by atoms with Crippen molar-refractivity contribution in [1.82, 2.24) is 14.5 Å². The number of hydrogen-bond acceptors (Lipinski definition) is 4. The van der Waals surface area contributed by atoms with Crippen molar-refractivity contribution in [2.45, 2.75) is 32.1 Å². The van der Waals surface area contributed by atoms with E-state index in [-0.39, 0.29) is 36.6 Å². The Balaban J connectivity index is 1.49. The number of benzene rings is 2. The van der Waals surface area contributed by atoms with Crippen molar-refractivity contribution in [2.24, 2.45) is 0 Å². The molecule has 1 saturated heterocycles. The summed E-state index contributed by atoms with van der Waals surface area (Å²) in [5, 5.41) is 0.567. The molecule has 1 amide bonds. The van der Waals surface area contributed by atoms with Crippen LogP contribution in [-0.4, -0.2) is 39.6 Å². The summed E-state index contributed by atoms with van der Waals surface area (Å²) in [5.74, 6) is -0.00413. The number of para-hydroxylation sites is 1. The van der Waals surface area contributed by atoms with Crippen LogP contribution in [0.1, 0.15) is 25.0 Å². The summed E-state index contributed by atoms with van der Waals surface area (Å²) in [4.78, 5) is 30.5. The van der Waals surface area contributed by atoms with Crippen LogP contribution in [0, 0.1) is 4.77 Å². The molecule has 0 aliphatic carbocycles. The Hall–Kier alpha value is -2.77. The maximum atomic E-state index is 12.9. The van der Waals surface area contributed by atoms with Crippen LogP contribution in [0.4, 0.5) is 0 Å². The van der Waals surface area contributed by atoms with Crippen LogP contribution in [0.5, 0.6) is 0 Å². The van der Waals surface area contributed by atoms with E-state index < -0.39 is 0 Å². The third-order valence-corrected chi connectivity index (χ3v) is 5.55. The molecule has 1 aliphatic rings. The monoisotopic (exact) mass is 409 g/mol. The quantitative estimate of drug-likeness (QED) is 0.671. The molecule has 1 aliphatic heterocycles. The molecule has 150 valence electrons. The maximum absolute atomic E-state index is 12.9. The largest absolute Gasteiger partial charge is 0.367 e. The molecule has 3 aromatic rings. The highest BCUT2D eigenvalue weighted by molar-refractivity contribution is 7.71. The topological polar surface area (TPSA) is 67.3 Å². The first-order chi connectivity index (χ1) is 14.0. The van der Waals surface area contributed by atoms with E-state index in [2.05, 4.69) is 4.98 Å². The molecule has 0 bridgehead atoms. The zero-order valence-electron chi connectivity index (χ0n) is 16.2. The van der Waals surface area contributed by atoms with Crippen LogP contribution in [0.3, 0.4) is 0 Å². The van der Waals surface area contributed by atoms with Crippen LogP contribution in [0.25, 0.3) is 10.9 Å². The third kappa shape index (κ3) is 4.16. The van der Waals surface area contributed by atoms with Crippen LogP contribution < -0.4 is 5.56 Å². The van der Waals surface area contributed by atoms with Crippen molar-refractivity contribution >= 4 is 29.0 Å². The predicted octanol–water partition coefficient (Wildman–Crippen LogP) is 3.44. The van der Waals surface area contributed by atoms with Gasteiger partial charge in [-0.05, 0) is 36.8 Å². The predicted molar refractivity (Wildman–Crippen MR) is 114 cm³/mol. The first-order valence-electron chi connectivity index (χ1n) is 9.73. The summed E-state index contributed by atoms with van der Waals surface area (Å²) in [6.07, 6.45) is 0.0172. The van der Waals surface area contributed by atoms with Gasteiger partial charge in [0.1, 0.15) is 6.10 Å². The zero-order chi connectivity index (χ0) is 20.4. The number of fused-ring (bicyclic) bond motifs is 1. The molecule has 0 radical (unpaired) electrons. The Bertz CT molecular complexity index is 1140. The molecule has 7 heteroatoms. The van der Waals surface area contributed by atoms with Gasteiger partial charge in [-0.3, -0.25) is 14.2 Å². The van der Waals surface area contributed by atoms with Gasteiger partial charge in [-0.1, -0.05) is 42.5 Å². The van der Waals surface area contributed by atoms with Gasteiger partial charge in [-0.25, -0.2) is 0 Å². The number of aromatic nitrogens is 2. The minimum Gasteiger partial charge on any atom is -0.367 e. The second-order valence-electron chi connectivity index (χ2n) is 7.33. The van der Waals surface area contributed by atoms with Crippen molar-refractivity contribution in [2.75, 3.05) is 13.1 Å². The SMILES string of the molecule is CC1CN(C(=O)CCn2c(=S)[nH]c3ccccc3c2=O)CC(c2ccccc2)O1. The van der Waals surface area contributed by atoms with Gasteiger partial charge in [0.15, 0.2) is 4.77 Å². The maximum Gasteiger partial charge on any atom is 0.262 e. The van der Waals surface area contributed by atoms with Crippen molar-refractivity contribution < 1.29 is 9.53 Å². The van der Waals surface area contributed by atoms with Gasteiger partial charge in [0, 0.05) is 19.5 Å². The van der Waals surface area contributed by atoms with Gasteiger partial charge in [0.25, 0.3) is 5.56 Å². The number of amides is 1. The van der Waals surface area contributed by atoms with Crippen LogP contribution in [0.2, 0.25) is 0 Å². The standard InChI is InChI=1S/C22H23N3O3S/c1-15-13-24(14-19(28-15)16-7-3-2-4-8-16)20(26)11-12-25-21(27)17-9-5-6-10-18(17)23-22(25)29/h2-10,15,19H,11-14H2,1H3,(H,23,29). The number of carbonyl (C=O) groups excluding carboxylic acids is 1. The van der Waals surface area contributed by atoms with E-state index in [1.807, 2.05) is 60.4 Å². The Labute approximate surface area is 173 Å². The first kappa shape index (κ1) is 19.5. The average Bonchev–Trinajstić information content (AvgIpc) is 2.73. The molecule has 0 saturated carbocycles. The Morgan fingerprint density at radius 3 is 2.66 bits per heavy atom. The minimum absolute atomic E-state index is 0.00413. The summed E-state index contributed by atoms with van der Waals surface area (Å²) < 4.78 is 7.83. The lowest BCUT2D eigenvalue weighted by Crippen LogP contribution is -2.46. The van der Waals surface area contributed by atoms with E-state index in [9.17, 15) is 9.59 Å². The van der Waals surface area contributed by atoms with Crippen LogP contribution in [-0.2, 0) is 16.1 Å². The number of morpholine rings is 1. The fourth-order valence-electron chi connectivity index (χ4n) is 3.77. The second-order valence-corrected chi connectivity index (χ2v) is 7.71. The molecule has 1 aromatic heterocycles. The van der Waals surface area contributed by atoms with Crippen molar-refractivity contribution in [3.63, 3.8) is 0 Å². The lowest BCUT2D eigenvalue weighted by Gasteiger charge is -2.37. The van der Waals surface area contributed by atoms with E-state index >= 15 is 0 Å². The number of hydrogen-bond donors (Lipinski definition) is 1. The van der Waals surface area contributed by atoms with Gasteiger partial charge < -0.3 is 14.6 Å². The van der Waals surface area contributed by atoms with Gasteiger partial charge in [0.05, 0.1) is 23.6 Å². The molecular weight excluding hydrogens is 386 g/mol. The molecule has 2 heterocycles. The Kier molecular flexibility index (Phi) is 5.60. The molecule has 1 fully saturated rings. The minimum atomic E-state index is -0.172. The number of carbonyl (C=O) groups is 1. The summed E-state index contributed by atoms with van der Waals surface area (Å²) in [7, 11) is 0. The van der Waals surface area contributed by atoms with E-state index in [4.69, 9.17) is 17.0 Å². The van der Waals surface area contributed by atoms with E-state index in [1.54, 1.807) is 6.07 Å². The molecule has 29 heavy (non-hydrogen) atoms. The lowest BCUT2D eigenvalue weighted by atomic mass is 10.1. The van der Waals surface area contributed by atoms with Crippen molar-refractivity contribution in [1.29, 1.82) is 0 Å². The summed E-state index contributed by atoms with van der Waals surface area (Å²) in [5.41, 5.74) is 1.59. The van der Waals surface area contributed by atoms with Crippen molar-refractivity contribution in [3.05, 3.63) is 75.3 Å². The zero-order valence-corrected chi connectivity index (χ0v) is 17.0. The molecule has 6 nitrogen and oxygen atoms in total. The number of nitrogens with one attached hydrogen (secondary N) is 1. The number of rotatable bonds is 4. The smallest absolute Gasteiger partial charge is 0.262 e. The van der Waals surface area contributed by atoms with Crippen LogP contribution >= 0.6 is 12.2 Å². The van der Waals surface area contributed by atoms with Gasteiger partial charge in [0.2, 0.25) is 5.91 Å². The van der Waals surface area contributed by atoms with Gasteiger partial charge in [-0.2, -0.15) is 0 Å². The fraction of sp³-hybridized carbons (Fsp3) is 0.318. The normalized spacial score (nSPS) is 19.4. The molecule has 2 atom stereocenters. The first-order valence-corrected chi connectivity index (χ1v) is 10.1. The number of nitrogens with zero attached hydrogens (tertiary/aromatic N) is 2. The fourth-order valence-corrected chi connectivity index (χ4v) is 4.06. The molecule has 0 spiro atoms. The average molecular weight is 410 g/mol. The Morgan fingerprint density at radius 2 is 1.86 bits per heavy atom. The highest BCUT2D eigenvalue weighted by atomic mass is 32.1. The third-order valence-electron chi connectivity index (χ3n) is 5.22. The van der Waals surface area contributed by atoms with E-state index in [0.29, 0.717) is 28.8 Å². The lowest BCUT2D eigenvalue weighted by molar-refractivity contribution is -0.145. The van der Waals surface area contributed by atoms with Gasteiger partial charge in [-0.15, -0.1) is 0 Å². The highest BCUT2D eigenvalue weighted by Gasteiger charge is 2.29. The molecule has 4 rings (SSSR count). The van der Waals surface area contributed by atoms with E-state index in [1.165, 1.54) is 4.57 Å². The molecule has 1 N–H and O–H groups in total. The molecule has 2 aromatic carbocycles. The Morgan fingerprint density at radius 1 is 1.14 bits per heavy atom. The number of ether oxygens (including phenoxy) is 1. The van der Waals surface area contributed by atoms with E-state index in [0.717, 1.165) is 5.56 Å².